The van der Waals surface area contributed by atoms with Crippen LogP contribution >= 0.6 is 0 Å². The first-order valence-electron chi connectivity index (χ1n) is 3.36. The molecule has 1 nitrogen and oxygen atoms in total. The first-order valence-corrected chi connectivity index (χ1v) is 3.36. The van der Waals surface area contributed by atoms with E-state index in [1.165, 1.54) is 13.2 Å². The average molecular weight is 156 g/mol. The Morgan fingerprint density at radius 2 is 2.27 bits per heavy atom. The second-order valence-electron chi connectivity index (χ2n) is 2.01. The van der Waals surface area contributed by atoms with Gasteiger partial charge in [0, 0.05) is 0 Å². The lowest BCUT2D eigenvalue weighted by molar-refractivity contribution is 0.297. The summed E-state index contributed by atoms with van der Waals surface area (Å²) in [4.78, 5) is 0. The van der Waals surface area contributed by atoms with Gasteiger partial charge in [-0.3, -0.25) is 0 Å². The zero-order valence-corrected chi connectivity index (χ0v) is 6.93. The third-order valence-corrected chi connectivity index (χ3v) is 1.24. The number of rotatable bonds is 4. The van der Waals surface area contributed by atoms with E-state index in [0.717, 1.165) is 5.57 Å². The maximum absolute atomic E-state index is 11.8. The van der Waals surface area contributed by atoms with E-state index in [1.807, 2.05) is 6.92 Å². The van der Waals surface area contributed by atoms with E-state index in [1.54, 1.807) is 12.2 Å². The van der Waals surface area contributed by atoms with Crippen molar-refractivity contribution in [2.75, 3.05) is 13.8 Å². The van der Waals surface area contributed by atoms with Crippen LogP contribution in [0.1, 0.15) is 6.92 Å². The lowest BCUT2D eigenvalue weighted by Crippen LogP contribution is -1.89. The number of methoxy groups -OCH3 is 1. The molecule has 0 radical (unpaired) electrons. The van der Waals surface area contributed by atoms with Gasteiger partial charge in [-0.1, -0.05) is 18.7 Å². The molecule has 0 aliphatic rings. The maximum Gasteiger partial charge on any atom is 0.120 e. The van der Waals surface area contributed by atoms with Crippen molar-refractivity contribution in [3.63, 3.8) is 0 Å². The Hall–Kier alpha value is -1.05. The minimum atomic E-state index is -0.508. The molecular formula is C9H13FO. The summed E-state index contributed by atoms with van der Waals surface area (Å²) < 4.78 is 16.7. The van der Waals surface area contributed by atoms with Gasteiger partial charge in [-0.05, 0) is 18.6 Å². The Balaban J connectivity index is 4.37. The molecule has 62 valence electrons. The predicted molar refractivity (Wildman–Crippen MR) is 45.0 cm³/mol. The van der Waals surface area contributed by atoms with Gasteiger partial charge in [0.05, 0.1) is 7.11 Å². The highest BCUT2D eigenvalue weighted by Crippen LogP contribution is 2.09. The lowest BCUT2D eigenvalue weighted by atomic mass is 10.2. The van der Waals surface area contributed by atoms with Crippen molar-refractivity contribution >= 4 is 0 Å². The van der Waals surface area contributed by atoms with Crippen LogP contribution in [0.15, 0.2) is 36.1 Å². The monoisotopic (exact) mass is 156 g/mol. The second kappa shape index (κ2) is 5.71. The minimum absolute atomic E-state index is 0.508. The van der Waals surface area contributed by atoms with E-state index in [9.17, 15) is 4.39 Å². The van der Waals surface area contributed by atoms with E-state index in [2.05, 4.69) is 6.58 Å². The summed E-state index contributed by atoms with van der Waals surface area (Å²) in [6, 6.07) is 0. The van der Waals surface area contributed by atoms with Crippen molar-refractivity contribution in [3.05, 3.63) is 36.1 Å². The van der Waals surface area contributed by atoms with Crippen molar-refractivity contribution in [3.8, 4) is 0 Å². The average Bonchev–Trinajstić information content (AvgIpc) is 2.00. The van der Waals surface area contributed by atoms with Crippen LogP contribution in [0, 0.1) is 0 Å². The molecule has 0 aliphatic heterocycles. The first kappa shape index (κ1) is 9.95. The highest BCUT2D eigenvalue weighted by Gasteiger charge is 1.95. The SMILES string of the molecule is C=C/C=C(C)\C(=C/CF)OC. The predicted octanol–water partition coefficient (Wildman–Crippen LogP) is 2.62. The Labute approximate surface area is 66.9 Å². The van der Waals surface area contributed by atoms with Crippen LogP contribution in [0.5, 0.6) is 0 Å². The summed E-state index contributed by atoms with van der Waals surface area (Å²) in [6.45, 7) is 4.86. The van der Waals surface area contributed by atoms with Crippen LogP contribution in [-0.4, -0.2) is 13.8 Å². The zero-order chi connectivity index (χ0) is 8.69. The van der Waals surface area contributed by atoms with Crippen molar-refractivity contribution in [2.45, 2.75) is 6.92 Å². The molecule has 11 heavy (non-hydrogen) atoms. The number of ether oxygens (including phenoxy) is 1. The number of halogens is 1. The number of hydrogen-bond acceptors (Lipinski definition) is 1. The molecule has 0 saturated heterocycles. The molecular weight excluding hydrogens is 143 g/mol. The van der Waals surface area contributed by atoms with Gasteiger partial charge < -0.3 is 4.74 Å². The summed E-state index contributed by atoms with van der Waals surface area (Å²) >= 11 is 0. The van der Waals surface area contributed by atoms with E-state index in [4.69, 9.17) is 4.74 Å². The fourth-order valence-electron chi connectivity index (χ4n) is 0.734. The molecule has 0 bridgehead atoms. The van der Waals surface area contributed by atoms with Gasteiger partial charge in [0.2, 0.25) is 0 Å². The van der Waals surface area contributed by atoms with Crippen LogP contribution in [-0.2, 0) is 4.74 Å². The molecule has 0 heterocycles. The quantitative estimate of drug-likeness (QED) is 0.449. The maximum atomic E-state index is 11.8. The number of alkyl halides is 1. The summed E-state index contributed by atoms with van der Waals surface area (Å²) in [7, 11) is 1.52. The zero-order valence-electron chi connectivity index (χ0n) is 6.93. The van der Waals surface area contributed by atoms with E-state index < -0.39 is 6.67 Å². The van der Waals surface area contributed by atoms with E-state index in [0.29, 0.717) is 5.76 Å². The van der Waals surface area contributed by atoms with E-state index >= 15 is 0 Å². The van der Waals surface area contributed by atoms with Crippen LogP contribution in [0.3, 0.4) is 0 Å². The molecule has 0 aliphatic carbocycles. The normalized spacial score (nSPS) is 13.0. The Kier molecular flexibility index (Phi) is 5.17. The third-order valence-electron chi connectivity index (χ3n) is 1.24. The minimum Gasteiger partial charge on any atom is -0.497 e. The van der Waals surface area contributed by atoms with Crippen molar-refractivity contribution in [1.29, 1.82) is 0 Å². The van der Waals surface area contributed by atoms with Gasteiger partial charge in [0.15, 0.2) is 0 Å². The molecule has 0 rings (SSSR count). The van der Waals surface area contributed by atoms with Gasteiger partial charge in [0.25, 0.3) is 0 Å². The molecule has 0 amide bonds. The number of allylic oxidation sites excluding steroid dienone is 4. The molecule has 0 aromatic carbocycles. The van der Waals surface area contributed by atoms with Gasteiger partial charge >= 0.3 is 0 Å². The Morgan fingerprint density at radius 3 is 2.64 bits per heavy atom. The van der Waals surface area contributed by atoms with Crippen molar-refractivity contribution < 1.29 is 9.13 Å². The lowest BCUT2D eigenvalue weighted by Gasteiger charge is -2.03. The van der Waals surface area contributed by atoms with Crippen molar-refractivity contribution in [1.82, 2.24) is 0 Å². The fourth-order valence-corrected chi connectivity index (χ4v) is 0.734. The van der Waals surface area contributed by atoms with Gasteiger partial charge in [-0.25, -0.2) is 4.39 Å². The molecule has 0 atom stereocenters. The topological polar surface area (TPSA) is 9.23 Å². The van der Waals surface area contributed by atoms with Crippen LogP contribution < -0.4 is 0 Å². The van der Waals surface area contributed by atoms with Gasteiger partial charge in [-0.15, -0.1) is 0 Å². The van der Waals surface area contributed by atoms with Crippen LogP contribution in [0.25, 0.3) is 0 Å². The molecule has 0 aromatic heterocycles. The highest BCUT2D eigenvalue weighted by atomic mass is 19.1. The number of hydrogen-bond donors (Lipinski definition) is 0. The first-order chi connectivity index (χ1) is 5.26. The molecule has 2 heteroatoms. The standard InChI is InChI=1S/C9H13FO/c1-4-5-8(2)9(11-3)6-7-10/h4-6H,1,7H2,2-3H3/b8-5-,9-6+. The van der Waals surface area contributed by atoms with Crippen molar-refractivity contribution in [2.24, 2.45) is 0 Å². The summed E-state index contributed by atoms with van der Waals surface area (Å²) in [5.74, 6) is 0.562. The fraction of sp³-hybridized carbons (Fsp3) is 0.333. The smallest absolute Gasteiger partial charge is 0.120 e. The van der Waals surface area contributed by atoms with Gasteiger partial charge in [-0.2, -0.15) is 0 Å². The summed E-state index contributed by atoms with van der Waals surface area (Å²) in [5.41, 5.74) is 0.875. The van der Waals surface area contributed by atoms with Gasteiger partial charge in [0.1, 0.15) is 12.4 Å². The van der Waals surface area contributed by atoms with Crippen LogP contribution in [0.4, 0.5) is 4.39 Å². The third kappa shape index (κ3) is 3.61. The summed E-state index contributed by atoms with van der Waals surface area (Å²) in [5, 5.41) is 0. The van der Waals surface area contributed by atoms with Crippen LogP contribution in [0.2, 0.25) is 0 Å². The Morgan fingerprint density at radius 1 is 1.64 bits per heavy atom. The Bertz CT molecular complexity index is 180. The van der Waals surface area contributed by atoms with E-state index in [-0.39, 0.29) is 0 Å². The highest BCUT2D eigenvalue weighted by molar-refractivity contribution is 5.26. The summed E-state index contributed by atoms with van der Waals surface area (Å²) in [6.07, 6.45) is 4.79. The molecule has 0 aromatic rings. The molecule has 0 spiro atoms. The molecule has 0 unspecified atom stereocenters. The molecule has 0 N–H and O–H groups in total. The molecule has 0 saturated carbocycles. The second-order valence-corrected chi connectivity index (χ2v) is 2.01. The molecule has 0 fully saturated rings. The largest absolute Gasteiger partial charge is 0.497 e.